The zero-order chi connectivity index (χ0) is 10.2. The number of carbonyl (C=O) groups is 1. The molecule has 76 valence electrons. The van der Waals surface area contributed by atoms with Crippen LogP contribution < -0.4 is 5.32 Å². The van der Waals surface area contributed by atoms with Crippen LogP contribution in [-0.2, 0) is 18.4 Å². The molecule has 2 N–H and O–H groups in total. The first-order valence-corrected chi connectivity index (χ1v) is 4.34. The van der Waals surface area contributed by atoms with Gasteiger partial charge >= 0.3 is 5.97 Å². The molecule has 0 atom stereocenters. The van der Waals surface area contributed by atoms with Gasteiger partial charge < -0.3 is 5.11 Å². The molecule has 0 radical (unpaired) electrons. The molecule has 1 saturated carbocycles. The smallest absolute Gasteiger partial charge is 0.323 e. The summed E-state index contributed by atoms with van der Waals surface area (Å²) >= 11 is 0. The summed E-state index contributed by atoms with van der Waals surface area (Å²) in [4.78, 5) is 12.1. The van der Waals surface area contributed by atoms with Crippen molar-refractivity contribution < 1.29 is 9.90 Å². The van der Waals surface area contributed by atoms with Gasteiger partial charge in [0.1, 0.15) is 5.54 Å². The molecule has 0 unspecified atom stereocenters. The van der Waals surface area contributed by atoms with E-state index < -0.39 is 11.5 Å². The Bertz CT molecular complexity index is 357. The summed E-state index contributed by atoms with van der Waals surface area (Å²) in [6.45, 7) is 0.347. The van der Waals surface area contributed by atoms with Crippen molar-refractivity contribution in [1.82, 2.24) is 25.5 Å². The van der Waals surface area contributed by atoms with Gasteiger partial charge in [0.25, 0.3) is 0 Å². The Kier molecular flexibility index (Phi) is 1.95. The highest BCUT2D eigenvalue weighted by atomic mass is 16.4. The number of nitrogens with zero attached hydrogens (tertiary/aromatic N) is 4. The maximum Gasteiger partial charge on any atom is 0.323 e. The van der Waals surface area contributed by atoms with E-state index >= 15 is 0 Å². The van der Waals surface area contributed by atoms with Crippen LogP contribution in [0.1, 0.15) is 18.7 Å². The van der Waals surface area contributed by atoms with Gasteiger partial charge in [0.15, 0.2) is 5.82 Å². The van der Waals surface area contributed by atoms with E-state index in [2.05, 4.69) is 20.7 Å². The van der Waals surface area contributed by atoms with Crippen LogP contribution in [0, 0.1) is 0 Å². The fourth-order valence-corrected chi connectivity index (χ4v) is 1.23. The van der Waals surface area contributed by atoms with Gasteiger partial charge in [0.2, 0.25) is 0 Å². The van der Waals surface area contributed by atoms with E-state index in [1.165, 1.54) is 4.80 Å². The van der Waals surface area contributed by atoms with E-state index in [0.717, 1.165) is 0 Å². The van der Waals surface area contributed by atoms with Crippen molar-refractivity contribution in [3.63, 3.8) is 0 Å². The number of hydrogen-bond acceptors (Lipinski definition) is 5. The lowest BCUT2D eigenvalue weighted by Gasteiger charge is -2.09. The second-order valence-electron chi connectivity index (χ2n) is 3.44. The summed E-state index contributed by atoms with van der Waals surface area (Å²) in [5, 5.41) is 23.1. The zero-order valence-corrected chi connectivity index (χ0v) is 7.77. The minimum atomic E-state index is -0.804. The molecule has 1 heterocycles. The Morgan fingerprint density at radius 2 is 2.43 bits per heavy atom. The van der Waals surface area contributed by atoms with Gasteiger partial charge in [-0.2, -0.15) is 4.80 Å². The van der Waals surface area contributed by atoms with Crippen LogP contribution in [0.2, 0.25) is 0 Å². The number of aryl methyl sites for hydroxylation is 1. The van der Waals surface area contributed by atoms with Crippen molar-refractivity contribution in [3.8, 4) is 0 Å². The maximum absolute atomic E-state index is 10.8. The summed E-state index contributed by atoms with van der Waals surface area (Å²) in [7, 11) is 1.67. The molecule has 1 fully saturated rings. The third-order valence-electron chi connectivity index (χ3n) is 2.29. The third-order valence-corrected chi connectivity index (χ3v) is 2.29. The molecule has 2 rings (SSSR count). The molecular weight excluding hydrogens is 186 g/mol. The number of carboxylic acid groups (broad SMARTS) is 1. The molecule has 1 aliphatic rings. The van der Waals surface area contributed by atoms with Crippen molar-refractivity contribution in [1.29, 1.82) is 0 Å². The van der Waals surface area contributed by atoms with Gasteiger partial charge in [-0.05, 0) is 18.1 Å². The largest absolute Gasteiger partial charge is 0.480 e. The molecule has 0 aliphatic heterocycles. The van der Waals surface area contributed by atoms with Gasteiger partial charge in [0.05, 0.1) is 13.6 Å². The minimum Gasteiger partial charge on any atom is -0.480 e. The second-order valence-corrected chi connectivity index (χ2v) is 3.44. The molecule has 0 saturated heterocycles. The van der Waals surface area contributed by atoms with Gasteiger partial charge in [-0.3, -0.25) is 10.1 Å². The van der Waals surface area contributed by atoms with E-state index in [9.17, 15) is 4.79 Å². The van der Waals surface area contributed by atoms with E-state index in [4.69, 9.17) is 5.11 Å². The van der Waals surface area contributed by atoms with Gasteiger partial charge in [-0.15, -0.1) is 10.2 Å². The van der Waals surface area contributed by atoms with Gasteiger partial charge in [0, 0.05) is 0 Å². The first-order valence-electron chi connectivity index (χ1n) is 4.34. The molecule has 0 bridgehead atoms. The van der Waals surface area contributed by atoms with E-state index in [0.29, 0.717) is 25.2 Å². The number of aromatic nitrogens is 4. The van der Waals surface area contributed by atoms with Crippen molar-refractivity contribution in [3.05, 3.63) is 5.82 Å². The summed E-state index contributed by atoms with van der Waals surface area (Å²) in [6.07, 6.45) is 1.34. The first kappa shape index (κ1) is 9.07. The molecule has 1 aliphatic carbocycles. The molecule has 7 heteroatoms. The number of hydrogen-bond donors (Lipinski definition) is 2. The Balaban J connectivity index is 1.92. The minimum absolute atomic E-state index is 0.347. The number of rotatable bonds is 4. The molecule has 14 heavy (non-hydrogen) atoms. The molecule has 7 nitrogen and oxygen atoms in total. The van der Waals surface area contributed by atoms with E-state index in [1.807, 2.05) is 0 Å². The molecule has 0 aromatic carbocycles. The Labute approximate surface area is 80.1 Å². The highest BCUT2D eigenvalue weighted by molar-refractivity contribution is 5.82. The monoisotopic (exact) mass is 197 g/mol. The standard InChI is InChI=1S/C7H11N5O2/c1-12-10-5(9-11-12)4-8-7(2-3-7)6(13)14/h8H,2-4H2,1H3,(H,13,14). The predicted octanol–water partition coefficient (Wildman–Crippen LogP) is -1.08. The summed E-state index contributed by atoms with van der Waals surface area (Å²) in [6, 6.07) is 0. The number of nitrogens with one attached hydrogen (secondary N) is 1. The summed E-state index contributed by atoms with van der Waals surface area (Å²) in [5.74, 6) is -0.290. The summed E-state index contributed by atoms with van der Waals surface area (Å²) < 4.78 is 0. The molecular formula is C7H11N5O2. The summed E-state index contributed by atoms with van der Waals surface area (Å²) in [5.41, 5.74) is -0.737. The Morgan fingerprint density at radius 3 is 2.86 bits per heavy atom. The van der Waals surface area contributed by atoms with Crippen LogP contribution >= 0.6 is 0 Å². The molecule has 1 aromatic rings. The topological polar surface area (TPSA) is 92.9 Å². The lowest BCUT2D eigenvalue weighted by Crippen LogP contribution is -2.38. The van der Waals surface area contributed by atoms with Crippen LogP contribution in [0.15, 0.2) is 0 Å². The Morgan fingerprint density at radius 1 is 1.71 bits per heavy atom. The van der Waals surface area contributed by atoms with Crippen molar-refractivity contribution in [2.75, 3.05) is 0 Å². The maximum atomic E-state index is 10.8. The number of carboxylic acids is 1. The van der Waals surface area contributed by atoms with Crippen LogP contribution in [0.4, 0.5) is 0 Å². The normalized spacial score (nSPS) is 18.1. The lowest BCUT2D eigenvalue weighted by atomic mass is 10.3. The predicted molar refractivity (Wildman–Crippen MR) is 45.2 cm³/mol. The van der Waals surface area contributed by atoms with Crippen molar-refractivity contribution in [2.45, 2.75) is 24.9 Å². The van der Waals surface area contributed by atoms with E-state index in [1.54, 1.807) is 7.05 Å². The quantitative estimate of drug-likeness (QED) is 0.637. The highest BCUT2D eigenvalue weighted by Crippen LogP contribution is 2.35. The number of tetrazole rings is 1. The Hall–Kier alpha value is -1.50. The van der Waals surface area contributed by atoms with Crippen molar-refractivity contribution >= 4 is 5.97 Å². The molecule has 0 spiro atoms. The van der Waals surface area contributed by atoms with E-state index in [-0.39, 0.29) is 0 Å². The molecule has 0 amide bonds. The lowest BCUT2D eigenvalue weighted by molar-refractivity contribution is -0.140. The third kappa shape index (κ3) is 1.58. The fourth-order valence-electron chi connectivity index (χ4n) is 1.23. The van der Waals surface area contributed by atoms with Gasteiger partial charge in [-0.25, -0.2) is 0 Å². The van der Waals surface area contributed by atoms with Crippen molar-refractivity contribution in [2.24, 2.45) is 7.05 Å². The van der Waals surface area contributed by atoms with Crippen LogP contribution in [0.25, 0.3) is 0 Å². The van der Waals surface area contributed by atoms with Crippen LogP contribution in [0.3, 0.4) is 0 Å². The van der Waals surface area contributed by atoms with Crippen LogP contribution in [-0.4, -0.2) is 36.8 Å². The van der Waals surface area contributed by atoms with Crippen LogP contribution in [0.5, 0.6) is 0 Å². The number of aliphatic carboxylic acids is 1. The SMILES string of the molecule is Cn1nnc(CNC2(C(=O)O)CC2)n1. The average Bonchev–Trinajstić information content (AvgIpc) is 2.82. The van der Waals surface area contributed by atoms with Gasteiger partial charge in [-0.1, -0.05) is 0 Å². The highest BCUT2D eigenvalue weighted by Gasteiger charge is 2.50. The first-order chi connectivity index (χ1) is 6.62. The fraction of sp³-hybridized carbons (Fsp3) is 0.714. The average molecular weight is 197 g/mol. The zero-order valence-electron chi connectivity index (χ0n) is 7.77. The molecule has 1 aromatic heterocycles. The second kappa shape index (κ2) is 3.02.